The molecule has 0 aromatic rings. The summed E-state index contributed by atoms with van der Waals surface area (Å²) in [6, 6.07) is 0. The lowest BCUT2D eigenvalue weighted by molar-refractivity contribution is -0.130. The minimum atomic E-state index is 0.399. The highest BCUT2D eigenvalue weighted by Gasteiger charge is 2.16. The Labute approximate surface area is 157 Å². The Balaban J connectivity index is 1.74. The molecule has 0 aromatic carbocycles. The quantitative estimate of drug-likeness (QED) is 0.216. The van der Waals surface area contributed by atoms with Crippen molar-refractivity contribution >= 4 is 5.91 Å². The molecule has 1 heterocycles. The van der Waals surface area contributed by atoms with Crippen molar-refractivity contribution in [1.29, 1.82) is 0 Å². The third kappa shape index (κ3) is 13.1. The maximum atomic E-state index is 11.9. The number of carbonyl (C=O) groups is 1. The summed E-state index contributed by atoms with van der Waals surface area (Å²) < 4.78 is 0. The molecule has 2 nitrogen and oxygen atoms in total. The van der Waals surface area contributed by atoms with Crippen molar-refractivity contribution in [2.75, 3.05) is 13.1 Å². The van der Waals surface area contributed by atoms with E-state index in [1.165, 1.54) is 96.3 Å². The second-order valence-corrected chi connectivity index (χ2v) is 7.78. The molecular formula is C23H43NO. The Morgan fingerprint density at radius 2 is 1.20 bits per heavy atom. The van der Waals surface area contributed by atoms with Gasteiger partial charge in [0.05, 0.1) is 0 Å². The summed E-state index contributed by atoms with van der Waals surface area (Å²) in [7, 11) is 0. The Morgan fingerprint density at radius 1 is 0.720 bits per heavy atom. The van der Waals surface area contributed by atoms with Gasteiger partial charge in [0, 0.05) is 19.5 Å². The van der Waals surface area contributed by atoms with Gasteiger partial charge in [0.2, 0.25) is 5.91 Å². The van der Waals surface area contributed by atoms with Crippen LogP contribution in [-0.2, 0) is 4.79 Å². The Morgan fingerprint density at radius 3 is 1.76 bits per heavy atom. The molecule has 0 unspecified atom stereocenters. The van der Waals surface area contributed by atoms with Crippen LogP contribution >= 0.6 is 0 Å². The van der Waals surface area contributed by atoms with E-state index in [9.17, 15) is 4.79 Å². The zero-order valence-corrected chi connectivity index (χ0v) is 16.9. The van der Waals surface area contributed by atoms with E-state index in [-0.39, 0.29) is 0 Å². The van der Waals surface area contributed by atoms with Gasteiger partial charge in [-0.25, -0.2) is 0 Å². The first-order valence-electron chi connectivity index (χ1n) is 11.3. The highest BCUT2D eigenvalue weighted by atomic mass is 16.2. The topological polar surface area (TPSA) is 20.3 Å². The summed E-state index contributed by atoms with van der Waals surface area (Å²) >= 11 is 0. The molecule has 0 N–H and O–H groups in total. The van der Waals surface area contributed by atoms with Crippen LogP contribution in [0, 0.1) is 0 Å². The Kier molecular flexibility index (Phi) is 14.8. The zero-order valence-electron chi connectivity index (χ0n) is 16.9. The maximum absolute atomic E-state index is 11.9. The zero-order chi connectivity index (χ0) is 18.0. The third-order valence-corrected chi connectivity index (χ3v) is 5.36. The molecule has 2 heteroatoms. The van der Waals surface area contributed by atoms with Crippen LogP contribution in [0.25, 0.3) is 0 Å². The van der Waals surface area contributed by atoms with Crippen LogP contribution in [0.15, 0.2) is 12.2 Å². The second kappa shape index (κ2) is 16.7. The van der Waals surface area contributed by atoms with Crippen molar-refractivity contribution in [1.82, 2.24) is 4.90 Å². The fraction of sp³-hybridized carbons (Fsp3) is 0.870. The summed E-state index contributed by atoms with van der Waals surface area (Å²) in [6.07, 6.45) is 26.5. The highest BCUT2D eigenvalue weighted by molar-refractivity contribution is 5.76. The minimum Gasteiger partial charge on any atom is -0.343 e. The monoisotopic (exact) mass is 349 g/mol. The fourth-order valence-corrected chi connectivity index (χ4v) is 3.65. The van der Waals surface area contributed by atoms with Crippen LogP contribution in [0.4, 0.5) is 0 Å². The Bertz CT molecular complexity index is 331. The number of rotatable bonds is 16. The average Bonchev–Trinajstić information content (AvgIpc) is 3.16. The van der Waals surface area contributed by atoms with Crippen molar-refractivity contribution in [3.8, 4) is 0 Å². The van der Waals surface area contributed by atoms with E-state index < -0.39 is 0 Å². The van der Waals surface area contributed by atoms with Crippen molar-refractivity contribution in [3.63, 3.8) is 0 Å². The number of nitrogens with zero attached hydrogens (tertiary/aromatic N) is 1. The van der Waals surface area contributed by atoms with Gasteiger partial charge in [-0.2, -0.15) is 0 Å². The van der Waals surface area contributed by atoms with E-state index in [0.717, 1.165) is 25.9 Å². The Hall–Kier alpha value is -0.790. The maximum Gasteiger partial charge on any atom is 0.222 e. The molecule has 0 spiro atoms. The largest absolute Gasteiger partial charge is 0.343 e. The van der Waals surface area contributed by atoms with Gasteiger partial charge in [0.15, 0.2) is 0 Å². The van der Waals surface area contributed by atoms with E-state index in [0.29, 0.717) is 5.91 Å². The molecule has 0 bridgehead atoms. The summed E-state index contributed by atoms with van der Waals surface area (Å²) in [5, 5.41) is 0. The first kappa shape index (κ1) is 22.3. The molecule has 1 amide bonds. The van der Waals surface area contributed by atoms with Gasteiger partial charge >= 0.3 is 0 Å². The first-order valence-corrected chi connectivity index (χ1v) is 11.3. The van der Waals surface area contributed by atoms with Gasteiger partial charge in [0.1, 0.15) is 0 Å². The van der Waals surface area contributed by atoms with E-state index in [1.807, 2.05) is 0 Å². The molecule has 0 radical (unpaired) electrons. The molecule has 1 saturated heterocycles. The molecule has 0 atom stereocenters. The lowest BCUT2D eigenvalue weighted by Crippen LogP contribution is -2.27. The highest BCUT2D eigenvalue weighted by Crippen LogP contribution is 2.14. The molecule has 25 heavy (non-hydrogen) atoms. The molecule has 1 fully saturated rings. The molecule has 0 saturated carbocycles. The number of likely N-dealkylation sites (tertiary alicyclic amines) is 1. The predicted octanol–water partition coefficient (Wildman–Crippen LogP) is 7.04. The standard InChI is InChI=1S/C23H43NO/c1-2-3-4-5-6-7-8-9-10-11-12-13-14-15-16-17-20-23(25)24-21-18-19-22-24/h7-8H,2-6,9-22H2,1H3. The molecule has 1 rings (SSSR count). The third-order valence-electron chi connectivity index (χ3n) is 5.36. The average molecular weight is 350 g/mol. The van der Waals surface area contributed by atoms with Crippen molar-refractivity contribution in [2.24, 2.45) is 0 Å². The van der Waals surface area contributed by atoms with Crippen LogP contribution in [0.2, 0.25) is 0 Å². The van der Waals surface area contributed by atoms with Crippen molar-refractivity contribution < 1.29 is 4.79 Å². The smallest absolute Gasteiger partial charge is 0.222 e. The van der Waals surface area contributed by atoms with Crippen LogP contribution < -0.4 is 0 Å². The summed E-state index contributed by atoms with van der Waals surface area (Å²) in [5.41, 5.74) is 0. The lowest BCUT2D eigenvalue weighted by atomic mass is 10.1. The number of hydrogen-bond acceptors (Lipinski definition) is 1. The molecule has 1 aliphatic rings. The normalized spacial score (nSPS) is 14.7. The molecule has 0 aromatic heterocycles. The molecule has 146 valence electrons. The second-order valence-electron chi connectivity index (χ2n) is 7.78. The van der Waals surface area contributed by atoms with E-state index >= 15 is 0 Å². The van der Waals surface area contributed by atoms with Crippen LogP contribution in [-0.4, -0.2) is 23.9 Å². The summed E-state index contributed by atoms with van der Waals surface area (Å²) in [4.78, 5) is 14.0. The molecule has 1 aliphatic heterocycles. The molecular weight excluding hydrogens is 306 g/mol. The van der Waals surface area contributed by atoms with Gasteiger partial charge in [-0.3, -0.25) is 4.79 Å². The van der Waals surface area contributed by atoms with Gasteiger partial charge < -0.3 is 4.90 Å². The number of unbranched alkanes of at least 4 members (excludes halogenated alkanes) is 12. The SMILES string of the molecule is CCCCCCC=CCCCCCCCCCCC(=O)N1CCCC1. The predicted molar refractivity (Wildman–Crippen MR) is 110 cm³/mol. The van der Waals surface area contributed by atoms with Gasteiger partial charge in [-0.15, -0.1) is 0 Å². The number of allylic oxidation sites excluding steroid dienone is 2. The first-order chi connectivity index (χ1) is 12.3. The van der Waals surface area contributed by atoms with Crippen LogP contribution in [0.1, 0.15) is 116 Å². The number of hydrogen-bond donors (Lipinski definition) is 0. The van der Waals surface area contributed by atoms with Gasteiger partial charge in [-0.1, -0.05) is 76.9 Å². The van der Waals surface area contributed by atoms with Crippen LogP contribution in [0.5, 0.6) is 0 Å². The van der Waals surface area contributed by atoms with E-state index in [2.05, 4.69) is 24.0 Å². The van der Waals surface area contributed by atoms with E-state index in [4.69, 9.17) is 0 Å². The van der Waals surface area contributed by atoms with Crippen LogP contribution in [0.3, 0.4) is 0 Å². The van der Waals surface area contributed by atoms with E-state index in [1.54, 1.807) is 0 Å². The van der Waals surface area contributed by atoms with Gasteiger partial charge in [0.25, 0.3) is 0 Å². The fourth-order valence-electron chi connectivity index (χ4n) is 3.65. The molecule has 0 aliphatic carbocycles. The lowest BCUT2D eigenvalue weighted by Gasteiger charge is -2.14. The van der Waals surface area contributed by atoms with Gasteiger partial charge in [-0.05, 0) is 44.9 Å². The van der Waals surface area contributed by atoms with Crippen molar-refractivity contribution in [2.45, 2.75) is 116 Å². The summed E-state index contributed by atoms with van der Waals surface area (Å²) in [6.45, 7) is 4.28. The number of carbonyl (C=O) groups excluding carboxylic acids is 1. The summed E-state index contributed by atoms with van der Waals surface area (Å²) in [5.74, 6) is 0.399. The minimum absolute atomic E-state index is 0.399. The number of amides is 1. The van der Waals surface area contributed by atoms with Crippen molar-refractivity contribution in [3.05, 3.63) is 12.2 Å².